The number of hydrogen-bond donors (Lipinski definition) is 2. The normalized spacial score (nSPS) is 18.8. The number of hydrogen-bond acceptors (Lipinski definition) is 4. The van der Waals surface area contributed by atoms with E-state index in [-0.39, 0.29) is 11.9 Å². The quantitative estimate of drug-likeness (QED) is 0.874. The summed E-state index contributed by atoms with van der Waals surface area (Å²) < 4.78 is 5.23. The number of ether oxygens (including phenoxy) is 1. The van der Waals surface area contributed by atoms with Crippen LogP contribution in [0.1, 0.15) is 27.2 Å². The molecule has 0 radical (unpaired) electrons. The molecule has 2 amide bonds. The molecule has 2 rings (SSSR count). The van der Waals surface area contributed by atoms with E-state index < -0.39 is 11.7 Å². The molecule has 0 spiro atoms. The number of nitrogens with zero attached hydrogens (tertiary/aromatic N) is 1. The number of nitrogens with one attached hydrogen (secondary N) is 1. The maximum Gasteiger partial charge on any atom is 0.412 e. The maximum absolute atomic E-state index is 12.0. The van der Waals surface area contributed by atoms with Crippen LogP contribution < -0.4 is 16.0 Å². The second-order valence-corrected chi connectivity index (χ2v) is 6.11. The van der Waals surface area contributed by atoms with Gasteiger partial charge in [-0.05, 0) is 32.9 Å². The Balaban J connectivity index is 2.18. The third-order valence-corrected chi connectivity index (χ3v) is 2.99. The molecule has 3 N–H and O–H groups in total. The Hall–Kier alpha value is -2.08. The van der Waals surface area contributed by atoms with E-state index in [9.17, 15) is 9.59 Å². The van der Waals surface area contributed by atoms with Gasteiger partial charge in [-0.15, -0.1) is 0 Å². The Bertz CT molecular complexity index is 551. The van der Waals surface area contributed by atoms with Crippen LogP contribution >= 0.6 is 0 Å². The summed E-state index contributed by atoms with van der Waals surface area (Å²) in [5.74, 6) is -0.0408. The monoisotopic (exact) mass is 291 g/mol. The summed E-state index contributed by atoms with van der Waals surface area (Å²) in [6, 6.07) is 6.94. The molecule has 6 heteroatoms. The predicted octanol–water partition coefficient (Wildman–Crippen LogP) is 2.10. The largest absolute Gasteiger partial charge is 0.444 e. The van der Waals surface area contributed by atoms with E-state index in [1.165, 1.54) is 0 Å². The molecule has 0 aromatic heterocycles. The van der Waals surface area contributed by atoms with Gasteiger partial charge in [0.1, 0.15) is 5.60 Å². The number of carbonyl (C=O) groups excluding carboxylic acids is 2. The van der Waals surface area contributed by atoms with Crippen LogP contribution in [0.2, 0.25) is 0 Å². The van der Waals surface area contributed by atoms with Crippen LogP contribution in [0.25, 0.3) is 0 Å². The van der Waals surface area contributed by atoms with Crippen molar-refractivity contribution in [3.05, 3.63) is 24.3 Å². The summed E-state index contributed by atoms with van der Waals surface area (Å²) in [4.78, 5) is 25.4. The molecule has 0 bridgehead atoms. The van der Waals surface area contributed by atoms with Crippen molar-refractivity contribution in [2.45, 2.75) is 38.8 Å². The maximum atomic E-state index is 12.0. The SMILES string of the molecule is CC(C)(C)OC(=O)Nc1ccccc1N1CC(N)CC1=O. The Morgan fingerprint density at radius 3 is 2.62 bits per heavy atom. The lowest BCUT2D eigenvalue weighted by Crippen LogP contribution is -2.30. The van der Waals surface area contributed by atoms with Crippen LogP contribution in [-0.2, 0) is 9.53 Å². The highest BCUT2D eigenvalue weighted by atomic mass is 16.6. The molecule has 21 heavy (non-hydrogen) atoms. The molecule has 1 aliphatic heterocycles. The summed E-state index contributed by atoms with van der Waals surface area (Å²) in [6.07, 6.45) is -0.230. The molecule has 1 aliphatic rings. The van der Waals surface area contributed by atoms with Gasteiger partial charge < -0.3 is 15.4 Å². The van der Waals surface area contributed by atoms with Crippen LogP contribution in [-0.4, -0.2) is 30.2 Å². The summed E-state index contributed by atoms with van der Waals surface area (Å²) in [5.41, 5.74) is 6.41. The van der Waals surface area contributed by atoms with Gasteiger partial charge >= 0.3 is 6.09 Å². The van der Waals surface area contributed by atoms with Crippen LogP contribution in [0.15, 0.2) is 24.3 Å². The Morgan fingerprint density at radius 2 is 2.05 bits per heavy atom. The second kappa shape index (κ2) is 5.73. The molecular weight excluding hydrogens is 270 g/mol. The Morgan fingerprint density at radius 1 is 1.38 bits per heavy atom. The fourth-order valence-electron chi connectivity index (χ4n) is 2.20. The van der Waals surface area contributed by atoms with Gasteiger partial charge in [-0.3, -0.25) is 10.1 Å². The van der Waals surface area contributed by atoms with Crippen LogP contribution in [0.5, 0.6) is 0 Å². The topological polar surface area (TPSA) is 84.7 Å². The van der Waals surface area contributed by atoms with Gasteiger partial charge in [0, 0.05) is 19.0 Å². The van der Waals surface area contributed by atoms with E-state index in [1.807, 2.05) is 6.07 Å². The van der Waals surface area contributed by atoms with Crippen molar-refractivity contribution in [2.75, 3.05) is 16.8 Å². The van der Waals surface area contributed by atoms with Crippen molar-refractivity contribution in [3.63, 3.8) is 0 Å². The summed E-state index contributed by atoms with van der Waals surface area (Å²) in [6.45, 7) is 5.83. The fraction of sp³-hybridized carbons (Fsp3) is 0.467. The molecule has 114 valence electrons. The highest BCUT2D eigenvalue weighted by Gasteiger charge is 2.30. The zero-order chi connectivity index (χ0) is 15.6. The van der Waals surface area contributed by atoms with Gasteiger partial charge in [0.15, 0.2) is 0 Å². The van der Waals surface area contributed by atoms with E-state index in [0.29, 0.717) is 24.3 Å². The molecule has 0 saturated carbocycles. The number of rotatable bonds is 2. The van der Waals surface area contributed by atoms with Gasteiger partial charge in [0.2, 0.25) is 5.91 Å². The van der Waals surface area contributed by atoms with Crippen LogP contribution in [0.4, 0.5) is 16.2 Å². The number of nitrogens with two attached hydrogens (primary N) is 1. The standard InChI is InChI=1S/C15H21N3O3/c1-15(2,3)21-14(20)17-11-6-4-5-7-12(11)18-9-10(16)8-13(18)19/h4-7,10H,8-9,16H2,1-3H3,(H,17,20). The summed E-state index contributed by atoms with van der Waals surface area (Å²) in [7, 11) is 0. The zero-order valence-corrected chi connectivity index (χ0v) is 12.6. The first-order valence-electron chi connectivity index (χ1n) is 6.91. The first-order chi connectivity index (χ1) is 9.76. The number of anilines is 2. The molecule has 1 aromatic carbocycles. The van der Waals surface area contributed by atoms with Crippen LogP contribution in [0.3, 0.4) is 0 Å². The molecule has 6 nitrogen and oxygen atoms in total. The number of benzene rings is 1. The van der Waals surface area contributed by atoms with Crippen molar-refractivity contribution in [1.29, 1.82) is 0 Å². The number of carbonyl (C=O) groups is 2. The first kappa shape index (κ1) is 15.3. The molecular formula is C15H21N3O3. The van der Waals surface area contributed by atoms with Gasteiger partial charge in [0.25, 0.3) is 0 Å². The van der Waals surface area contributed by atoms with Crippen LogP contribution in [0, 0.1) is 0 Å². The van der Waals surface area contributed by atoms with Gasteiger partial charge in [0.05, 0.1) is 11.4 Å². The van der Waals surface area contributed by atoms with Gasteiger partial charge in [-0.25, -0.2) is 4.79 Å². The molecule has 1 saturated heterocycles. The van der Waals surface area contributed by atoms with E-state index >= 15 is 0 Å². The Kier molecular flexibility index (Phi) is 4.18. The average molecular weight is 291 g/mol. The number of amides is 2. The zero-order valence-electron chi connectivity index (χ0n) is 12.6. The average Bonchev–Trinajstić information content (AvgIpc) is 2.66. The van der Waals surface area contributed by atoms with Crippen molar-refractivity contribution in [1.82, 2.24) is 0 Å². The lowest BCUT2D eigenvalue weighted by Gasteiger charge is -2.23. The fourth-order valence-corrected chi connectivity index (χ4v) is 2.20. The first-order valence-corrected chi connectivity index (χ1v) is 6.91. The van der Waals surface area contributed by atoms with E-state index in [1.54, 1.807) is 43.9 Å². The van der Waals surface area contributed by atoms with E-state index in [0.717, 1.165) is 0 Å². The third kappa shape index (κ3) is 3.95. The lowest BCUT2D eigenvalue weighted by atomic mass is 10.2. The Labute approximate surface area is 124 Å². The number of para-hydroxylation sites is 2. The van der Waals surface area contributed by atoms with Crippen molar-refractivity contribution in [2.24, 2.45) is 5.73 Å². The minimum absolute atomic E-state index is 0.0408. The summed E-state index contributed by atoms with van der Waals surface area (Å²) >= 11 is 0. The van der Waals surface area contributed by atoms with Gasteiger partial charge in [-0.2, -0.15) is 0 Å². The second-order valence-electron chi connectivity index (χ2n) is 6.11. The van der Waals surface area contributed by atoms with Crippen molar-refractivity contribution >= 4 is 23.4 Å². The summed E-state index contributed by atoms with van der Waals surface area (Å²) in [5, 5.41) is 2.68. The van der Waals surface area contributed by atoms with Crippen molar-refractivity contribution in [3.8, 4) is 0 Å². The highest BCUT2D eigenvalue weighted by Crippen LogP contribution is 2.29. The molecule has 1 aromatic rings. The van der Waals surface area contributed by atoms with E-state index in [4.69, 9.17) is 10.5 Å². The highest BCUT2D eigenvalue weighted by molar-refractivity contribution is 6.01. The molecule has 0 aliphatic carbocycles. The van der Waals surface area contributed by atoms with E-state index in [2.05, 4.69) is 5.32 Å². The third-order valence-electron chi connectivity index (χ3n) is 2.99. The lowest BCUT2D eigenvalue weighted by molar-refractivity contribution is -0.117. The molecule has 1 heterocycles. The minimum Gasteiger partial charge on any atom is -0.444 e. The minimum atomic E-state index is -0.579. The molecule has 1 fully saturated rings. The molecule has 1 unspecified atom stereocenters. The smallest absolute Gasteiger partial charge is 0.412 e. The predicted molar refractivity (Wildman–Crippen MR) is 81.2 cm³/mol. The molecule has 1 atom stereocenters. The van der Waals surface area contributed by atoms with Crippen molar-refractivity contribution < 1.29 is 14.3 Å². The van der Waals surface area contributed by atoms with Gasteiger partial charge in [-0.1, -0.05) is 12.1 Å².